The van der Waals surface area contributed by atoms with E-state index in [2.05, 4.69) is 13.8 Å². The molecule has 0 unspecified atom stereocenters. The first-order chi connectivity index (χ1) is 11.7. The van der Waals surface area contributed by atoms with Crippen LogP contribution in [0.3, 0.4) is 0 Å². The van der Waals surface area contributed by atoms with Crippen LogP contribution in [0.15, 0.2) is 24.3 Å². The highest BCUT2D eigenvalue weighted by Crippen LogP contribution is 2.20. The Morgan fingerprint density at radius 3 is 2.29 bits per heavy atom. The first-order valence-electron chi connectivity index (χ1n) is 9.11. The highest BCUT2D eigenvalue weighted by atomic mass is 16.5. The number of carbonyl (C=O) groups is 2. The lowest BCUT2D eigenvalue weighted by molar-refractivity contribution is -0.144. The van der Waals surface area contributed by atoms with Crippen LogP contribution >= 0.6 is 0 Å². The molecule has 0 saturated heterocycles. The van der Waals surface area contributed by atoms with E-state index in [0.29, 0.717) is 38.0 Å². The molecular formula is C20H30O4. The maximum Gasteiger partial charge on any atom is 0.311 e. The summed E-state index contributed by atoms with van der Waals surface area (Å²) in [6, 6.07) is 7.64. The third-order valence-electron chi connectivity index (χ3n) is 3.74. The fraction of sp³-hybridized carbons (Fsp3) is 0.600. The van der Waals surface area contributed by atoms with Gasteiger partial charge in [0.05, 0.1) is 6.61 Å². The molecule has 1 aromatic carbocycles. The molecule has 0 saturated carbocycles. The number of esters is 2. The number of carbonyl (C=O) groups excluding carboxylic acids is 2. The molecule has 1 aromatic rings. The van der Waals surface area contributed by atoms with E-state index in [-0.39, 0.29) is 11.9 Å². The number of benzene rings is 1. The molecule has 0 bridgehead atoms. The Balaban J connectivity index is 2.19. The molecule has 0 aliphatic heterocycles. The van der Waals surface area contributed by atoms with Gasteiger partial charge in [-0.1, -0.05) is 51.3 Å². The summed E-state index contributed by atoms with van der Waals surface area (Å²) < 4.78 is 10.6. The number of hydrogen-bond acceptors (Lipinski definition) is 4. The van der Waals surface area contributed by atoms with Gasteiger partial charge in [0.2, 0.25) is 0 Å². The fourth-order valence-electron chi connectivity index (χ4n) is 2.40. The minimum absolute atomic E-state index is 0.173. The Labute approximate surface area is 145 Å². The van der Waals surface area contributed by atoms with Crippen molar-refractivity contribution in [2.75, 3.05) is 6.61 Å². The lowest BCUT2D eigenvalue weighted by atomic mass is 10.1. The zero-order valence-corrected chi connectivity index (χ0v) is 15.0. The number of ether oxygens (including phenoxy) is 2. The maximum absolute atomic E-state index is 11.9. The largest absolute Gasteiger partial charge is 0.466 e. The van der Waals surface area contributed by atoms with Gasteiger partial charge in [0.1, 0.15) is 5.75 Å². The molecule has 0 spiro atoms. The van der Waals surface area contributed by atoms with Crippen LogP contribution in [0, 0.1) is 0 Å². The molecule has 4 nitrogen and oxygen atoms in total. The first kappa shape index (κ1) is 20.2. The van der Waals surface area contributed by atoms with E-state index < -0.39 is 0 Å². The van der Waals surface area contributed by atoms with Crippen LogP contribution in [-0.2, 0) is 20.7 Å². The Hall–Kier alpha value is -1.84. The van der Waals surface area contributed by atoms with Crippen LogP contribution in [0.1, 0.15) is 70.8 Å². The molecular weight excluding hydrogens is 304 g/mol. The number of para-hydroxylation sites is 1. The zero-order valence-electron chi connectivity index (χ0n) is 15.0. The molecule has 0 aliphatic carbocycles. The smallest absolute Gasteiger partial charge is 0.311 e. The van der Waals surface area contributed by atoms with Crippen molar-refractivity contribution < 1.29 is 19.1 Å². The average molecular weight is 334 g/mol. The van der Waals surface area contributed by atoms with Crippen LogP contribution in [0.2, 0.25) is 0 Å². The van der Waals surface area contributed by atoms with Crippen LogP contribution in [0.5, 0.6) is 5.75 Å². The molecule has 0 atom stereocenters. The van der Waals surface area contributed by atoms with Crippen molar-refractivity contribution in [3.05, 3.63) is 29.8 Å². The van der Waals surface area contributed by atoms with Gasteiger partial charge in [-0.15, -0.1) is 0 Å². The van der Waals surface area contributed by atoms with Gasteiger partial charge in [-0.25, -0.2) is 0 Å². The number of hydrogen-bond donors (Lipinski definition) is 0. The first-order valence-corrected chi connectivity index (χ1v) is 9.11. The van der Waals surface area contributed by atoms with Gasteiger partial charge in [-0.3, -0.25) is 9.59 Å². The van der Waals surface area contributed by atoms with E-state index >= 15 is 0 Å². The summed E-state index contributed by atoms with van der Waals surface area (Å²) in [4.78, 5) is 23.4. The predicted molar refractivity (Wildman–Crippen MR) is 95.0 cm³/mol. The predicted octanol–water partition coefficient (Wildman–Crippen LogP) is 4.84. The Kier molecular flexibility index (Phi) is 10.6. The lowest BCUT2D eigenvalue weighted by Gasteiger charge is -2.09. The van der Waals surface area contributed by atoms with Crippen molar-refractivity contribution >= 4 is 11.9 Å². The van der Waals surface area contributed by atoms with Gasteiger partial charge in [0.25, 0.3) is 0 Å². The van der Waals surface area contributed by atoms with E-state index in [1.807, 2.05) is 24.3 Å². The SMILES string of the molecule is CCCCCOC(=O)CCCCC(=O)Oc1ccccc1CCC. The monoisotopic (exact) mass is 334 g/mol. The Bertz CT molecular complexity index is 496. The summed E-state index contributed by atoms with van der Waals surface area (Å²) in [7, 11) is 0. The minimum atomic E-state index is -0.241. The topological polar surface area (TPSA) is 52.6 Å². The van der Waals surface area contributed by atoms with Gasteiger partial charge in [-0.2, -0.15) is 0 Å². The molecule has 1 rings (SSSR count). The molecule has 0 radical (unpaired) electrons. The highest BCUT2D eigenvalue weighted by molar-refractivity contribution is 5.73. The normalized spacial score (nSPS) is 10.4. The second kappa shape index (κ2) is 12.6. The Morgan fingerprint density at radius 2 is 1.58 bits per heavy atom. The molecule has 0 N–H and O–H groups in total. The van der Waals surface area contributed by atoms with Crippen LogP contribution in [0.4, 0.5) is 0 Å². The zero-order chi connectivity index (χ0) is 17.6. The second-order valence-corrected chi connectivity index (χ2v) is 5.97. The van der Waals surface area contributed by atoms with E-state index in [1.54, 1.807) is 0 Å². The van der Waals surface area contributed by atoms with Crippen molar-refractivity contribution in [1.29, 1.82) is 0 Å². The van der Waals surface area contributed by atoms with Crippen LogP contribution in [-0.4, -0.2) is 18.5 Å². The van der Waals surface area contributed by atoms with Crippen LogP contribution < -0.4 is 4.74 Å². The summed E-state index contributed by atoms with van der Waals surface area (Å²) >= 11 is 0. The minimum Gasteiger partial charge on any atom is -0.466 e. The van der Waals surface area contributed by atoms with Gasteiger partial charge in [0, 0.05) is 12.8 Å². The molecule has 134 valence electrons. The molecule has 0 heterocycles. The average Bonchev–Trinajstić information content (AvgIpc) is 2.58. The third-order valence-corrected chi connectivity index (χ3v) is 3.74. The standard InChI is InChI=1S/C20H30O4/c1-3-5-10-16-23-19(21)14-8-9-15-20(22)24-18-13-7-6-12-17(18)11-4-2/h6-7,12-13H,3-5,8-11,14-16H2,1-2H3. The van der Waals surface area contributed by atoms with E-state index in [9.17, 15) is 9.59 Å². The summed E-state index contributed by atoms with van der Waals surface area (Å²) in [5.41, 5.74) is 1.06. The van der Waals surface area contributed by atoms with Crippen molar-refractivity contribution in [1.82, 2.24) is 0 Å². The molecule has 4 heteroatoms. The van der Waals surface area contributed by atoms with Crippen molar-refractivity contribution in [3.63, 3.8) is 0 Å². The number of unbranched alkanes of at least 4 members (excludes halogenated alkanes) is 3. The third kappa shape index (κ3) is 8.70. The second-order valence-electron chi connectivity index (χ2n) is 5.97. The molecule has 0 aliphatic rings. The summed E-state index contributed by atoms with van der Waals surface area (Å²) in [5, 5.41) is 0. The van der Waals surface area contributed by atoms with E-state index in [4.69, 9.17) is 9.47 Å². The van der Waals surface area contributed by atoms with Gasteiger partial charge >= 0.3 is 11.9 Å². The summed E-state index contributed by atoms with van der Waals surface area (Å²) in [6.07, 6.45) is 7.00. The van der Waals surface area contributed by atoms with E-state index in [0.717, 1.165) is 37.7 Å². The van der Waals surface area contributed by atoms with Crippen molar-refractivity contribution in [2.24, 2.45) is 0 Å². The van der Waals surface area contributed by atoms with Crippen molar-refractivity contribution in [3.8, 4) is 5.75 Å². The van der Waals surface area contributed by atoms with E-state index in [1.165, 1.54) is 0 Å². The highest BCUT2D eigenvalue weighted by Gasteiger charge is 2.09. The quantitative estimate of drug-likeness (QED) is 0.312. The molecule has 0 aromatic heterocycles. The number of rotatable bonds is 12. The summed E-state index contributed by atoms with van der Waals surface area (Å²) in [6.45, 7) is 4.71. The Morgan fingerprint density at radius 1 is 0.875 bits per heavy atom. The fourth-order valence-corrected chi connectivity index (χ4v) is 2.40. The van der Waals surface area contributed by atoms with Gasteiger partial charge < -0.3 is 9.47 Å². The van der Waals surface area contributed by atoms with Gasteiger partial charge in [-0.05, 0) is 37.3 Å². The molecule has 24 heavy (non-hydrogen) atoms. The molecule has 0 fully saturated rings. The van der Waals surface area contributed by atoms with Crippen LogP contribution in [0.25, 0.3) is 0 Å². The molecule has 0 amide bonds. The summed E-state index contributed by atoms with van der Waals surface area (Å²) in [5.74, 6) is 0.238. The number of aryl methyl sites for hydroxylation is 1. The maximum atomic E-state index is 11.9. The van der Waals surface area contributed by atoms with Crippen molar-refractivity contribution in [2.45, 2.75) is 71.6 Å². The lowest BCUT2D eigenvalue weighted by Crippen LogP contribution is -2.10. The van der Waals surface area contributed by atoms with Gasteiger partial charge in [0.15, 0.2) is 0 Å².